The summed E-state index contributed by atoms with van der Waals surface area (Å²) in [4.78, 5) is 7.38. The fourth-order valence-corrected chi connectivity index (χ4v) is 12.2. The standard InChI is InChI=1S/C59H42N2OS/c1-58(2)49-22-9-6-21-45(49)46-35-48-47-34-42(31-32-55(47)63-56(48)36-52(46)58)61(40-29-27-37(28-30-40)57-60-53-25-12-13-26-54(53)62-57)41-18-14-17-39(33-41)59(38-15-4-3-5-16-38)50-23-10-7-19-43(50)44-20-8-11-24-51(44)59/h3-36,54,57H,1-2H3. The lowest BCUT2D eigenvalue weighted by Gasteiger charge is -2.35. The number of nitrogens with zero attached hydrogens (tertiary/aromatic N) is 2. The van der Waals surface area contributed by atoms with Gasteiger partial charge in [-0.05, 0) is 122 Å². The van der Waals surface area contributed by atoms with Crippen LogP contribution in [0, 0.1) is 0 Å². The molecule has 4 aliphatic rings. The van der Waals surface area contributed by atoms with Crippen molar-refractivity contribution in [3.63, 3.8) is 0 Å². The smallest absolute Gasteiger partial charge is 0.175 e. The van der Waals surface area contributed by atoms with Crippen LogP contribution in [0.25, 0.3) is 42.4 Å². The maximum absolute atomic E-state index is 6.40. The van der Waals surface area contributed by atoms with E-state index in [0.717, 1.165) is 28.3 Å². The number of fused-ring (bicyclic) bond motifs is 10. The lowest BCUT2D eigenvalue weighted by Crippen LogP contribution is -2.28. The number of anilines is 3. The van der Waals surface area contributed by atoms with Gasteiger partial charge in [-0.1, -0.05) is 153 Å². The van der Waals surface area contributed by atoms with E-state index >= 15 is 0 Å². The monoisotopic (exact) mass is 826 g/mol. The fraction of sp³-hybridized carbons (Fsp3) is 0.102. The van der Waals surface area contributed by atoms with Crippen LogP contribution in [0.15, 0.2) is 211 Å². The van der Waals surface area contributed by atoms with Crippen LogP contribution in [0.1, 0.15) is 59.0 Å². The molecule has 0 N–H and O–H groups in total. The Kier molecular flexibility index (Phi) is 7.94. The van der Waals surface area contributed by atoms with Gasteiger partial charge < -0.3 is 9.64 Å². The van der Waals surface area contributed by atoms with Gasteiger partial charge in [0.1, 0.15) is 6.10 Å². The average molecular weight is 827 g/mol. The molecule has 0 bridgehead atoms. The maximum Gasteiger partial charge on any atom is 0.175 e. The van der Waals surface area contributed by atoms with Crippen molar-refractivity contribution >= 4 is 54.3 Å². The van der Waals surface area contributed by atoms with E-state index in [-0.39, 0.29) is 17.7 Å². The molecule has 13 rings (SSSR count). The number of ether oxygens (including phenoxy) is 1. The third kappa shape index (κ3) is 5.32. The van der Waals surface area contributed by atoms with Crippen molar-refractivity contribution < 1.29 is 4.74 Å². The number of hydrogen-bond acceptors (Lipinski definition) is 4. The molecule has 0 fully saturated rings. The number of allylic oxidation sites excluding steroid dienone is 2. The van der Waals surface area contributed by atoms with Crippen molar-refractivity contribution in [1.82, 2.24) is 0 Å². The summed E-state index contributed by atoms with van der Waals surface area (Å²) in [7, 11) is 0. The zero-order valence-corrected chi connectivity index (χ0v) is 35.8. The number of benzene rings is 8. The normalized spacial score (nSPS) is 18.2. The number of hydrogen-bond donors (Lipinski definition) is 0. The van der Waals surface area contributed by atoms with Gasteiger partial charge in [0.2, 0.25) is 0 Å². The predicted molar refractivity (Wildman–Crippen MR) is 262 cm³/mol. The summed E-state index contributed by atoms with van der Waals surface area (Å²) in [6.45, 7) is 4.73. The Morgan fingerprint density at radius 3 is 1.89 bits per heavy atom. The summed E-state index contributed by atoms with van der Waals surface area (Å²) in [5, 5.41) is 2.57. The Bertz CT molecular complexity index is 3380. The molecule has 63 heavy (non-hydrogen) atoms. The number of rotatable bonds is 6. The number of aliphatic imine (C=N–C) groups is 1. The van der Waals surface area contributed by atoms with Crippen LogP contribution >= 0.6 is 11.3 Å². The van der Waals surface area contributed by atoms with E-state index in [1.54, 1.807) is 0 Å². The predicted octanol–water partition coefficient (Wildman–Crippen LogP) is 15.2. The van der Waals surface area contributed by atoms with Gasteiger partial charge in [0.25, 0.3) is 0 Å². The highest BCUT2D eigenvalue weighted by Crippen LogP contribution is 2.57. The van der Waals surface area contributed by atoms with Gasteiger partial charge in [-0.2, -0.15) is 0 Å². The second-order valence-corrected chi connectivity index (χ2v) is 18.8. The van der Waals surface area contributed by atoms with Crippen LogP contribution in [0.2, 0.25) is 0 Å². The van der Waals surface area contributed by atoms with E-state index in [9.17, 15) is 0 Å². The first kappa shape index (κ1) is 36.5. The Hall–Kier alpha value is -7.11. The van der Waals surface area contributed by atoms with Crippen LogP contribution in [0.4, 0.5) is 17.1 Å². The first-order valence-electron chi connectivity index (χ1n) is 21.9. The topological polar surface area (TPSA) is 24.8 Å². The zero-order valence-electron chi connectivity index (χ0n) is 35.0. The Balaban J connectivity index is 1.01. The zero-order chi connectivity index (χ0) is 41.9. The molecule has 2 heterocycles. The molecular formula is C59H42N2OS. The van der Waals surface area contributed by atoms with E-state index in [1.165, 1.54) is 75.8 Å². The Morgan fingerprint density at radius 1 is 0.508 bits per heavy atom. The summed E-state index contributed by atoms with van der Waals surface area (Å²) >= 11 is 1.89. The minimum Gasteiger partial charge on any atom is -0.339 e. The van der Waals surface area contributed by atoms with Gasteiger partial charge in [-0.25, -0.2) is 0 Å². The van der Waals surface area contributed by atoms with E-state index in [0.29, 0.717) is 0 Å². The van der Waals surface area contributed by atoms with Gasteiger partial charge in [0, 0.05) is 48.2 Å². The molecule has 0 amide bonds. The molecule has 1 aromatic heterocycles. The van der Waals surface area contributed by atoms with Crippen LogP contribution in [-0.2, 0) is 15.6 Å². The van der Waals surface area contributed by atoms with Gasteiger partial charge in [0.15, 0.2) is 6.23 Å². The second-order valence-electron chi connectivity index (χ2n) is 17.7. The molecule has 0 radical (unpaired) electrons. The van der Waals surface area contributed by atoms with E-state index < -0.39 is 5.41 Å². The molecule has 9 aromatic rings. The SMILES string of the molecule is CC1(C)c2ccccc2-c2cc3c(cc21)sc1ccc(N(c2ccc(C4N=C5C=CC=CC5O4)cc2)c2cccc(C4(c5ccccc5)c5ccccc5-c5ccccc54)c2)cc13. The second kappa shape index (κ2) is 13.7. The third-order valence-corrected chi connectivity index (χ3v) is 15.2. The molecule has 3 nitrogen and oxygen atoms in total. The molecule has 0 spiro atoms. The minimum atomic E-state index is -0.517. The quantitative estimate of drug-likeness (QED) is 0.167. The van der Waals surface area contributed by atoms with Crippen molar-refractivity contribution in [1.29, 1.82) is 0 Å². The first-order valence-corrected chi connectivity index (χ1v) is 22.7. The molecule has 4 heteroatoms. The summed E-state index contributed by atoms with van der Waals surface area (Å²) in [5.41, 5.74) is 17.9. The Labute approximate surface area is 371 Å². The highest BCUT2D eigenvalue weighted by molar-refractivity contribution is 7.25. The van der Waals surface area contributed by atoms with Crippen molar-refractivity contribution in [3.05, 3.63) is 245 Å². The van der Waals surface area contributed by atoms with Gasteiger partial charge >= 0.3 is 0 Å². The molecule has 0 saturated carbocycles. The molecule has 3 aliphatic carbocycles. The van der Waals surface area contributed by atoms with Crippen LogP contribution in [0.5, 0.6) is 0 Å². The molecule has 2 atom stereocenters. The molecule has 8 aromatic carbocycles. The summed E-state index contributed by atoms with van der Waals surface area (Å²) < 4.78 is 9.01. The largest absolute Gasteiger partial charge is 0.339 e. The molecular weight excluding hydrogens is 785 g/mol. The third-order valence-electron chi connectivity index (χ3n) is 14.0. The van der Waals surface area contributed by atoms with Gasteiger partial charge in [-0.3, -0.25) is 4.99 Å². The van der Waals surface area contributed by atoms with Crippen LogP contribution in [0.3, 0.4) is 0 Å². The Morgan fingerprint density at radius 2 is 1.14 bits per heavy atom. The summed E-state index contributed by atoms with van der Waals surface area (Å²) in [6.07, 6.45) is 7.74. The highest BCUT2D eigenvalue weighted by Gasteiger charge is 2.46. The van der Waals surface area contributed by atoms with Crippen molar-refractivity contribution in [2.75, 3.05) is 4.90 Å². The highest BCUT2D eigenvalue weighted by atomic mass is 32.1. The minimum absolute atomic E-state index is 0.0478. The van der Waals surface area contributed by atoms with E-state index in [2.05, 4.69) is 213 Å². The lowest BCUT2D eigenvalue weighted by atomic mass is 9.67. The lowest BCUT2D eigenvalue weighted by molar-refractivity contribution is 0.0734. The van der Waals surface area contributed by atoms with Crippen LogP contribution in [-0.4, -0.2) is 11.8 Å². The first-order chi connectivity index (χ1) is 31.0. The fourth-order valence-electron chi connectivity index (χ4n) is 11.1. The molecule has 0 saturated heterocycles. The van der Waals surface area contributed by atoms with Gasteiger partial charge in [-0.15, -0.1) is 11.3 Å². The average Bonchev–Trinajstić information content (AvgIpc) is 4.07. The van der Waals surface area contributed by atoms with E-state index in [4.69, 9.17) is 9.73 Å². The molecule has 1 aliphatic heterocycles. The van der Waals surface area contributed by atoms with E-state index in [1.807, 2.05) is 23.5 Å². The van der Waals surface area contributed by atoms with Crippen LogP contribution < -0.4 is 4.90 Å². The van der Waals surface area contributed by atoms with Crippen molar-refractivity contribution in [3.8, 4) is 22.3 Å². The van der Waals surface area contributed by atoms with Crippen molar-refractivity contribution in [2.24, 2.45) is 4.99 Å². The maximum atomic E-state index is 6.40. The number of thiophene rings is 1. The summed E-state index contributed by atoms with van der Waals surface area (Å²) in [5.74, 6) is 0. The molecule has 300 valence electrons. The summed E-state index contributed by atoms with van der Waals surface area (Å²) in [6, 6.07) is 68.0. The molecule has 2 unspecified atom stereocenters. The van der Waals surface area contributed by atoms with Crippen molar-refractivity contribution in [2.45, 2.75) is 37.0 Å². The van der Waals surface area contributed by atoms with Gasteiger partial charge in [0.05, 0.1) is 11.1 Å².